The van der Waals surface area contributed by atoms with E-state index in [1.54, 1.807) is 0 Å². The van der Waals surface area contributed by atoms with Crippen LogP contribution in [0.5, 0.6) is 0 Å². The zero-order valence-corrected chi connectivity index (χ0v) is 11.6. The average Bonchev–Trinajstić information content (AvgIpc) is 2.22. The van der Waals surface area contributed by atoms with E-state index >= 15 is 0 Å². The first-order chi connectivity index (χ1) is 9.09. The zero-order valence-electron chi connectivity index (χ0n) is 10.8. The minimum absolute atomic E-state index is 0. The molecule has 0 aliphatic heterocycles. The number of hydrogen-bond donors (Lipinski definition) is 1. The second-order valence-electron chi connectivity index (χ2n) is 4.27. The van der Waals surface area contributed by atoms with E-state index in [0.29, 0.717) is 0 Å². The summed E-state index contributed by atoms with van der Waals surface area (Å²) in [5.41, 5.74) is 0. The molecule has 0 aliphatic carbocycles. The lowest BCUT2D eigenvalue weighted by atomic mass is 10.1. The molecule has 4 nitrogen and oxygen atoms in total. The smallest absolute Gasteiger partial charge is 0.360 e. The zero-order chi connectivity index (χ0) is 17.3. The molecule has 0 aromatic heterocycles. The second kappa shape index (κ2) is 8.47. The van der Waals surface area contributed by atoms with Gasteiger partial charge in [-0.15, -0.1) is 0 Å². The van der Waals surface area contributed by atoms with Crippen LogP contribution in [0, 0.1) is 0 Å². The van der Waals surface area contributed by atoms with Crippen molar-refractivity contribution in [3.63, 3.8) is 0 Å². The van der Waals surface area contributed by atoms with Crippen LogP contribution in [0.1, 0.15) is 41.5 Å². The molecule has 0 heterocycles. The normalized spacial score (nSPS) is 16.1. The van der Waals surface area contributed by atoms with E-state index in [2.05, 4.69) is 4.74 Å². The molecule has 0 aromatic carbocycles. The Morgan fingerprint density at radius 3 is 1.70 bits per heavy atom. The molecule has 2 atom stereocenters. The number of halogens is 7. The summed E-state index contributed by atoms with van der Waals surface area (Å²) in [4.78, 5) is 0. The Hall–Kier alpha value is -0.620. The van der Waals surface area contributed by atoms with Gasteiger partial charge in [-0.1, -0.05) is 28.2 Å². The van der Waals surface area contributed by atoms with Gasteiger partial charge in [0, 0.05) is 0 Å². The predicted molar refractivity (Wildman–Crippen MR) is 70.2 cm³/mol. The van der Waals surface area contributed by atoms with Crippen LogP contribution < -0.4 is 0 Å². The Morgan fingerprint density at radius 2 is 1.43 bits per heavy atom. The molecule has 0 aromatic rings. The molecule has 23 heavy (non-hydrogen) atoms. The summed E-state index contributed by atoms with van der Waals surface area (Å²) >= 11 is 0. The number of ether oxygens (including phenoxy) is 1. The third-order valence-electron chi connectivity index (χ3n) is 2.40. The maximum absolute atomic E-state index is 13.3. The summed E-state index contributed by atoms with van der Waals surface area (Å²) in [5.74, 6) is -6.21. The van der Waals surface area contributed by atoms with Gasteiger partial charge in [-0.3, -0.25) is 4.55 Å². The Bertz CT molecular complexity index is 448. The molecule has 12 heteroatoms. The molecule has 144 valence electrons. The number of hydrogen-bond acceptors (Lipinski definition) is 3. The van der Waals surface area contributed by atoms with Crippen molar-refractivity contribution in [3.05, 3.63) is 0 Å². The molecule has 0 rings (SSSR count). The van der Waals surface area contributed by atoms with Gasteiger partial charge in [-0.05, 0) is 13.3 Å². The van der Waals surface area contributed by atoms with Crippen molar-refractivity contribution in [2.45, 2.75) is 71.1 Å². The molecule has 0 saturated carbocycles. The highest BCUT2D eigenvalue weighted by Gasteiger charge is 2.75. The van der Waals surface area contributed by atoms with Gasteiger partial charge in [0.2, 0.25) is 6.10 Å². The Kier molecular flexibility index (Phi) is 10.0. The third kappa shape index (κ3) is 6.07. The summed E-state index contributed by atoms with van der Waals surface area (Å²) in [6, 6.07) is 0. The van der Waals surface area contributed by atoms with Gasteiger partial charge in [0.05, 0.1) is 6.10 Å². The molecule has 0 bridgehead atoms. The highest BCUT2D eigenvalue weighted by Crippen LogP contribution is 2.47. The fraction of sp³-hybridized carbons (Fsp3) is 1.00. The summed E-state index contributed by atoms with van der Waals surface area (Å²) in [5, 5.41) is -6.36. The quantitative estimate of drug-likeness (QED) is 0.520. The molecule has 0 aliphatic rings. The first-order valence-electron chi connectivity index (χ1n) is 5.53. The molecule has 0 spiro atoms. The van der Waals surface area contributed by atoms with Gasteiger partial charge in [0.25, 0.3) is 0 Å². The van der Waals surface area contributed by atoms with Crippen molar-refractivity contribution < 1.29 is 48.4 Å². The lowest BCUT2D eigenvalue weighted by molar-refractivity contribution is -0.326. The van der Waals surface area contributed by atoms with Crippen molar-refractivity contribution in [2.75, 3.05) is 0 Å². The average molecular weight is 382 g/mol. The van der Waals surface area contributed by atoms with E-state index < -0.39 is 39.7 Å². The minimum Gasteiger partial charge on any atom is -0.360 e. The fourth-order valence-electron chi connectivity index (χ4n) is 1.40. The predicted octanol–water partition coefficient (Wildman–Crippen LogP) is 4.51. The number of rotatable bonds is 7. The molecule has 0 amide bonds. The van der Waals surface area contributed by atoms with Crippen LogP contribution in [0.2, 0.25) is 0 Å². The Labute approximate surface area is 130 Å². The molecule has 0 saturated heterocycles. The maximum Gasteiger partial charge on any atom is 0.434 e. The minimum atomic E-state index is -6.78. The van der Waals surface area contributed by atoms with Gasteiger partial charge in [0.1, 0.15) is 0 Å². The number of alkyl halides is 7. The van der Waals surface area contributed by atoms with Crippen molar-refractivity contribution in [1.29, 1.82) is 0 Å². The Balaban J connectivity index is -0.00000200. The van der Waals surface area contributed by atoms with Crippen molar-refractivity contribution in [1.82, 2.24) is 0 Å². The van der Waals surface area contributed by atoms with Crippen LogP contribution >= 0.6 is 0 Å². The third-order valence-corrected chi connectivity index (χ3v) is 3.32. The molecule has 1 N–H and O–H groups in total. The maximum atomic E-state index is 13.3. The van der Waals surface area contributed by atoms with Gasteiger partial charge in [-0.2, -0.15) is 39.2 Å². The summed E-state index contributed by atoms with van der Waals surface area (Å²) in [6.45, 7) is 2.41. The van der Waals surface area contributed by atoms with E-state index in [-0.39, 0.29) is 27.7 Å². The summed E-state index contributed by atoms with van der Waals surface area (Å²) in [7, 11) is -6.78. The monoisotopic (exact) mass is 382 g/mol. The molecular formula is C11H21F7O4S. The lowest BCUT2D eigenvalue weighted by Gasteiger charge is -2.33. The molecular weight excluding hydrogens is 361 g/mol. The van der Waals surface area contributed by atoms with E-state index in [1.165, 1.54) is 6.92 Å². The van der Waals surface area contributed by atoms with Crippen LogP contribution in [0.3, 0.4) is 0 Å². The highest BCUT2D eigenvalue weighted by atomic mass is 32.2. The van der Waals surface area contributed by atoms with Crippen molar-refractivity contribution in [3.8, 4) is 0 Å². The van der Waals surface area contributed by atoms with E-state index in [0.717, 1.165) is 6.92 Å². The topological polar surface area (TPSA) is 63.6 Å². The largest absolute Gasteiger partial charge is 0.434 e. The first kappa shape index (κ1) is 27.2. The van der Waals surface area contributed by atoms with Crippen LogP contribution in [0.15, 0.2) is 0 Å². The lowest BCUT2D eigenvalue weighted by Crippen LogP contribution is -2.60. The van der Waals surface area contributed by atoms with E-state index in [9.17, 15) is 39.2 Å². The molecule has 0 fully saturated rings. The highest BCUT2D eigenvalue weighted by molar-refractivity contribution is 7.87. The molecule has 2 unspecified atom stereocenters. The standard InChI is InChI=1S/C9H13F7O4S.2CH4/c1-3-4-5(2)20-6(8(12,13)14)7(10,11)9(15,16)21(17,18)19;;/h5-6H,3-4H2,1-2H3,(H,17,18,19);2*1H4. The summed E-state index contributed by atoms with van der Waals surface area (Å²) in [6.07, 6.45) is -11.8. The van der Waals surface area contributed by atoms with Crippen molar-refractivity contribution >= 4 is 10.1 Å². The van der Waals surface area contributed by atoms with Gasteiger partial charge < -0.3 is 4.74 Å². The van der Waals surface area contributed by atoms with Gasteiger partial charge in [-0.25, -0.2) is 0 Å². The van der Waals surface area contributed by atoms with Crippen LogP contribution in [-0.2, 0) is 14.9 Å². The fourth-order valence-corrected chi connectivity index (χ4v) is 1.85. The second-order valence-corrected chi connectivity index (χ2v) is 5.73. The first-order valence-corrected chi connectivity index (χ1v) is 6.97. The summed E-state index contributed by atoms with van der Waals surface area (Å²) < 4.78 is 123. The van der Waals surface area contributed by atoms with Crippen LogP contribution in [-0.4, -0.2) is 42.5 Å². The van der Waals surface area contributed by atoms with Crippen LogP contribution in [0.25, 0.3) is 0 Å². The SMILES string of the molecule is C.C.CCCC(C)OC(C(F)(F)F)C(F)(F)C(F)(F)S(=O)(=O)O. The van der Waals surface area contributed by atoms with Crippen LogP contribution in [0.4, 0.5) is 30.7 Å². The van der Waals surface area contributed by atoms with Gasteiger partial charge >= 0.3 is 27.5 Å². The molecule has 0 radical (unpaired) electrons. The van der Waals surface area contributed by atoms with Crippen molar-refractivity contribution in [2.24, 2.45) is 0 Å². The van der Waals surface area contributed by atoms with E-state index in [1.807, 2.05) is 0 Å². The van der Waals surface area contributed by atoms with E-state index in [4.69, 9.17) is 4.55 Å². The Morgan fingerprint density at radius 1 is 1.04 bits per heavy atom. The van der Waals surface area contributed by atoms with Gasteiger partial charge in [0.15, 0.2) is 0 Å².